The van der Waals surface area contributed by atoms with Crippen molar-refractivity contribution in [1.29, 1.82) is 0 Å². The Labute approximate surface area is 288 Å². The highest BCUT2D eigenvalue weighted by atomic mass is 16.5. The average molecular weight is 682 g/mol. The lowest BCUT2D eigenvalue weighted by molar-refractivity contribution is -0.125. The van der Waals surface area contributed by atoms with Crippen LogP contribution in [0.15, 0.2) is 42.9 Å². The van der Waals surface area contributed by atoms with E-state index in [9.17, 15) is 19.2 Å². The third kappa shape index (κ3) is 38.2. The summed E-state index contributed by atoms with van der Waals surface area (Å²) in [4.78, 5) is 53.9. The van der Waals surface area contributed by atoms with Crippen LogP contribution in [0.5, 0.6) is 0 Å². The van der Waals surface area contributed by atoms with E-state index in [1.165, 1.54) is 22.7 Å². The summed E-state index contributed by atoms with van der Waals surface area (Å²) >= 11 is 0. The van der Waals surface area contributed by atoms with Gasteiger partial charge in [0, 0.05) is 39.3 Å². The number of nitrogens with zero attached hydrogens (tertiary/aromatic N) is 2. The number of imidazole rings is 1. The number of nitrogens with two attached hydrogens (primary N) is 2. The van der Waals surface area contributed by atoms with Crippen LogP contribution >= 0.6 is 0 Å². The van der Waals surface area contributed by atoms with Gasteiger partial charge in [0.15, 0.2) is 0 Å². The van der Waals surface area contributed by atoms with Crippen LogP contribution in [0.3, 0.4) is 0 Å². The molecule has 0 saturated heterocycles. The van der Waals surface area contributed by atoms with Crippen molar-refractivity contribution in [2.24, 2.45) is 17.5 Å². The van der Waals surface area contributed by atoms with Crippen LogP contribution in [0, 0.1) is 5.92 Å². The molecule has 2 rings (SSSR count). The van der Waals surface area contributed by atoms with Crippen molar-refractivity contribution in [3.05, 3.63) is 54.1 Å². The quantitative estimate of drug-likeness (QED) is 0.101. The fourth-order valence-corrected chi connectivity index (χ4v) is 2.42. The minimum Gasteiger partial charge on any atom is -0.379 e. The number of hydrogen-bond donors (Lipinski definition) is 5. The first kappa shape index (κ1) is 50.9. The Balaban J connectivity index is -0.000000264. The minimum absolute atomic E-state index is 0.0417. The van der Waals surface area contributed by atoms with Gasteiger partial charge in [-0.3, -0.25) is 29.2 Å². The van der Waals surface area contributed by atoms with Gasteiger partial charge in [0.2, 0.25) is 19.2 Å². The van der Waals surface area contributed by atoms with Crippen LogP contribution in [0.2, 0.25) is 0 Å². The molecule has 0 radical (unpaired) electrons. The molecule has 3 amide bonds. The molecule has 0 aliphatic rings. The van der Waals surface area contributed by atoms with Crippen molar-refractivity contribution in [2.45, 2.75) is 105 Å². The van der Waals surface area contributed by atoms with E-state index >= 15 is 0 Å². The van der Waals surface area contributed by atoms with Crippen molar-refractivity contribution in [3.8, 4) is 0 Å². The lowest BCUT2D eigenvalue weighted by Gasteiger charge is -2.14. The van der Waals surface area contributed by atoms with E-state index in [1.54, 1.807) is 14.2 Å². The number of amides is 3. The molecule has 2 unspecified atom stereocenters. The van der Waals surface area contributed by atoms with Crippen LogP contribution in [0.4, 0.5) is 0 Å². The van der Waals surface area contributed by atoms with Crippen LogP contribution in [-0.2, 0) is 46.3 Å². The Morgan fingerprint density at radius 3 is 1.71 bits per heavy atom. The van der Waals surface area contributed by atoms with Crippen LogP contribution < -0.4 is 27.6 Å². The topological polar surface area (TPSA) is 210 Å². The number of aldehydes is 1. The second-order valence-electron chi connectivity index (χ2n) is 12.4. The summed E-state index contributed by atoms with van der Waals surface area (Å²) in [5.41, 5.74) is 8.07. The molecule has 14 heteroatoms. The molecule has 0 aliphatic carbocycles. The van der Waals surface area contributed by atoms with E-state index in [2.05, 4.69) is 52.5 Å². The van der Waals surface area contributed by atoms with E-state index in [0.29, 0.717) is 36.9 Å². The van der Waals surface area contributed by atoms with Gasteiger partial charge in [-0.2, -0.15) is 0 Å². The maximum absolute atomic E-state index is 11.2. The van der Waals surface area contributed by atoms with E-state index in [4.69, 9.17) is 20.1 Å². The molecule has 0 saturated carbocycles. The summed E-state index contributed by atoms with van der Waals surface area (Å²) in [6.45, 7) is 18.4. The van der Waals surface area contributed by atoms with Crippen molar-refractivity contribution in [1.82, 2.24) is 25.6 Å². The first-order valence-electron chi connectivity index (χ1n) is 15.4. The molecule has 0 aliphatic heterocycles. The molecule has 7 N–H and O–H groups in total. The predicted octanol–water partition coefficient (Wildman–Crippen LogP) is 2.60. The van der Waals surface area contributed by atoms with Crippen molar-refractivity contribution in [3.63, 3.8) is 0 Å². The summed E-state index contributed by atoms with van der Waals surface area (Å²) in [7, 11) is 5.41. The Hall–Kier alpha value is -3.98. The molecule has 276 valence electrons. The van der Waals surface area contributed by atoms with Crippen molar-refractivity contribution in [2.75, 3.05) is 21.3 Å². The number of likely N-dealkylation sites (N-methyl/N-ethyl adjacent to an activating group) is 1. The number of nitrogens with one attached hydrogen (secondary N) is 3. The molecule has 1 aromatic heterocycles. The van der Waals surface area contributed by atoms with Gasteiger partial charge in [-0.25, -0.2) is 10.8 Å². The Morgan fingerprint density at radius 2 is 1.42 bits per heavy atom. The number of benzene rings is 1. The van der Waals surface area contributed by atoms with Crippen LogP contribution in [0.1, 0.15) is 80.0 Å². The molecule has 48 heavy (non-hydrogen) atoms. The number of rotatable bonds is 11. The molecule has 2 aromatic rings. The number of aromatic nitrogens is 2. The average Bonchev–Trinajstić information content (AvgIpc) is 3.49. The van der Waals surface area contributed by atoms with Gasteiger partial charge < -0.3 is 30.6 Å². The van der Waals surface area contributed by atoms with E-state index in [0.717, 1.165) is 12.7 Å². The summed E-state index contributed by atoms with van der Waals surface area (Å²) in [6.07, 6.45) is 6.89. The zero-order valence-corrected chi connectivity index (χ0v) is 31.1. The Morgan fingerprint density at radius 1 is 0.938 bits per heavy atom. The molecule has 14 nitrogen and oxygen atoms in total. The van der Waals surface area contributed by atoms with Crippen molar-refractivity contribution >= 4 is 31.4 Å². The molecule has 1 heterocycles. The predicted molar refractivity (Wildman–Crippen MR) is 191 cm³/mol. The molecule has 0 spiro atoms. The number of hydrogen-bond acceptors (Lipinski definition) is 10. The zero-order chi connectivity index (χ0) is 38.2. The van der Waals surface area contributed by atoms with Crippen molar-refractivity contribution < 1.29 is 33.4 Å². The Kier molecular flexibility index (Phi) is 33.5. The first-order valence-corrected chi connectivity index (χ1v) is 15.4. The van der Waals surface area contributed by atoms with Gasteiger partial charge in [0.1, 0.15) is 18.7 Å². The fourth-order valence-electron chi connectivity index (χ4n) is 2.42. The standard InChI is InChI=1S/C10H15N.C8H11N5O3.2C5H12O.C5H10O.CH3NO/c1-9(11-2)8-10-6-4-3-5-7-10;9-12-8(16)7(11-4-14)1-6-2-13(5-15)3-10-6;2*1-5(2,3)6-4;1-5(2)3-4-6;2-1-3/h3-7,9,11H,8H2,1-2H3;2-5,7H,1,9H2,(H,11,14)(H,12,16);2*1-4H3;4-5H,3H2,1-2H3;1H,(H2,2,3). The molecule has 0 bridgehead atoms. The fraction of sp³-hybridized carbons (Fsp3) is 0.588. The summed E-state index contributed by atoms with van der Waals surface area (Å²) in [6, 6.07) is 10.3. The van der Waals surface area contributed by atoms with Crippen LogP contribution in [-0.4, -0.2) is 85.5 Å². The Bertz CT molecular complexity index is 1050. The number of ether oxygens (including phenoxy) is 2. The lowest BCUT2D eigenvalue weighted by atomic mass is 10.1. The first-order chi connectivity index (χ1) is 22.3. The maximum Gasteiger partial charge on any atom is 0.256 e. The number of carbonyl (C=O) groups excluding carboxylic acids is 5. The lowest BCUT2D eigenvalue weighted by Crippen LogP contribution is -2.47. The SMILES string of the molecule is CC(C)CC=O.CNC(C)Cc1ccccc1.COC(C)(C)C.COC(C)(C)C.NC=O.NNC(=O)C(Cc1cn(C=O)cn1)NC=O. The second kappa shape index (κ2) is 31.6. The second-order valence-corrected chi connectivity index (χ2v) is 12.4. The van der Waals surface area contributed by atoms with Gasteiger partial charge in [-0.1, -0.05) is 44.2 Å². The molecule has 2 atom stereocenters. The van der Waals surface area contributed by atoms with Gasteiger partial charge >= 0.3 is 0 Å². The third-order valence-corrected chi connectivity index (χ3v) is 5.59. The van der Waals surface area contributed by atoms with Gasteiger partial charge in [-0.15, -0.1) is 0 Å². The highest BCUT2D eigenvalue weighted by Gasteiger charge is 2.18. The smallest absolute Gasteiger partial charge is 0.256 e. The zero-order valence-electron chi connectivity index (χ0n) is 31.1. The summed E-state index contributed by atoms with van der Waals surface area (Å²) in [5.74, 6) is 4.95. The highest BCUT2D eigenvalue weighted by molar-refractivity contribution is 5.83. The number of carbonyl (C=O) groups is 5. The highest BCUT2D eigenvalue weighted by Crippen LogP contribution is 2.03. The normalized spacial score (nSPS) is 11.2. The van der Waals surface area contributed by atoms with Gasteiger partial charge in [0.25, 0.3) is 5.91 Å². The van der Waals surface area contributed by atoms with Gasteiger partial charge in [-0.05, 0) is 73.4 Å². The maximum atomic E-state index is 11.2. The number of hydrazine groups is 1. The summed E-state index contributed by atoms with van der Waals surface area (Å²) in [5, 5.41) is 5.51. The van der Waals surface area contributed by atoms with E-state index in [1.807, 2.05) is 73.9 Å². The number of primary amides is 1. The molecular weight excluding hydrogens is 618 g/mol. The molecule has 1 aromatic carbocycles. The van der Waals surface area contributed by atoms with E-state index in [-0.39, 0.29) is 24.0 Å². The summed E-state index contributed by atoms with van der Waals surface area (Å²) < 4.78 is 11.1. The largest absolute Gasteiger partial charge is 0.379 e. The monoisotopic (exact) mass is 681 g/mol. The number of methoxy groups -OCH3 is 2. The van der Waals surface area contributed by atoms with E-state index < -0.39 is 11.9 Å². The van der Waals surface area contributed by atoms with Gasteiger partial charge in [0.05, 0.1) is 16.9 Å². The molecule has 0 fully saturated rings. The molecular formula is C34H63N7O7. The third-order valence-electron chi connectivity index (χ3n) is 5.59. The minimum atomic E-state index is -0.808. The van der Waals surface area contributed by atoms with Crippen LogP contribution in [0.25, 0.3) is 0 Å².